The zero-order chi connectivity index (χ0) is 17.4. The predicted octanol–water partition coefficient (Wildman–Crippen LogP) is 3.10. The summed E-state index contributed by atoms with van der Waals surface area (Å²) in [5, 5.41) is 12.6. The lowest BCUT2D eigenvalue weighted by molar-refractivity contribution is 0.281. The number of hydrogen-bond donors (Lipinski definition) is 2. The summed E-state index contributed by atoms with van der Waals surface area (Å²) in [6.45, 7) is 5.15. The summed E-state index contributed by atoms with van der Waals surface area (Å²) >= 11 is 0. The first-order valence-corrected chi connectivity index (χ1v) is 9.24. The summed E-state index contributed by atoms with van der Waals surface area (Å²) in [4.78, 5) is 11.8. The van der Waals surface area contributed by atoms with Gasteiger partial charge < -0.3 is 15.3 Å². The van der Waals surface area contributed by atoms with Crippen molar-refractivity contribution in [3.05, 3.63) is 47.2 Å². The standard InChI is InChI=1S/C20H26N4O/c1-13(12-25)21-20-22-18(15-7-8-15)10-19(23-20)24-11-17-6-4-3-5-16(17)9-14(24)2/h3-6,10,13-15,25H,7-9,11-12H2,1-2H3,(H,21,22,23)/t13-,14+/m1/s1. The van der Waals surface area contributed by atoms with Gasteiger partial charge in [0.15, 0.2) is 0 Å². The van der Waals surface area contributed by atoms with Gasteiger partial charge in [0, 0.05) is 30.6 Å². The number of anilines is 2. The van der Waals surface area contributed by atoms with E-state index in [-0.39, 0.29) is 12.6 Å². The third kappa shape index (κ3) is 3.47. The van der Waals surface area contributed by atoms with Gasteiger partial charge in [-0.25, -0.2) is 4.98 Å². The molecule has 2 atom stereocenters. The van der Waals surface area contributed by atoms with Gasteiger partial charge in [-0.1, -0.05) is 24.3 Å². The maximum absolute atomic E-state index is 9.33. The highest BCUT2D eigenvalue weighted by atomic mass is 16.3. The minimum Gasteiger partial charge on any atom is -0.394 e. The summed E-state index contributed by atoms with van der Waals surface area (Å²) in [5.74, 6) is 2.19. The van der Waals surface area contributed by atoms with Gasteiger partial charge in [0.1, 0.15) is 5.82 Å². The van der Waals surface area contributed by atoms with Crippen LogP contribution < -0.4 is 10.2 Å². The van der Waals surface area contributed by atoms with Crippen molar-refractivity contribution in [2.75, 3.05) is 16.8 Å². The molecule has 2 N–H and O–H groups in total. The Morgan fingerprint density at radius 1 is 1.24 bits per heavy atom. The van der Waals surface area contributed by atoms with Gasteiger partial charge in [-0.05, 0) is 44.2 Å². The first-order valence-electron chi connectivity index (χ1n) is 9.24. The molecule has 5 heteroatoms. The molecule has 1 fully saturated rings. The first kappa shape index (κ1) is 16.3. The van der Waals surface area contributed by atoms with Gasteiger partial charge in [-0.3, -0.25) is 0 Å². The van der Waals surface area contributed by atoms with Crippen molar-refractivity contribution >= 4 is 11.8 Å². The fraction of sp³-hybridized carbons (Fsp3) is 0.500. The largest absolute Gasteiger partial charge is 0.394 e. The van der Waals surface area contributed by atoms with Crippen LogP contribution in [0.15, 0.2) is 30.3 Å². The summed E-state index contributed by atoms with van der Waals surface area (Å²) in [6, 6.07) is 11.2. The van der Waals surface area contributed by atoms with Gasteiger partial charge in [0.05, 0.1) is 12.3 Å². The Bertz CT molecular complexity index is 759. The normalized spacial score (nSPS) is 20.9. The third-order valence-corrected chi connectivity index (χ3v) is 5.18. The van der Waals surface area contributed by atoms with Crippen LogP contribution in [0.1, 0.15) is 49.4 Å². The smallest absolute Gasteiger partial charge is 0.225 e. The van der Waals surface area contributed by atoms with Crippen molar-refractivity contribution in [3.63, 3.8) is 0 Å². The second-order valence-electron chi connectivity index (χ2n) is 7.43. The quantitative estimate of drug-likeness (QED) is 0.877. The van der Waals surface area contributed by atoms with Crippen LogP contribution in [0.4, 0.5) is 11.8 Å². The summed E-state index contributed by atoms with van der Waals surface area (Å²) in [7, 11) is 0. The average molecular weight is 338 g/mol. The molecule has 0 saturated heterocycles. The molecule has 132 valence electrons. The van der Waals surface area contributed by atoms with Crippen LogP contribution in [0, 0.1) is 0 Å². The van der Waals surface area contributed by atoms with Crippen molar-refractivity contribution in [2.24, 2.45) is 0 Å². The molecule has 1 aromatic heterocycles. The lowest BCUT2D eigenvalue weighted by Gasteiger charge is -2.36. The number of hydrogen-bond acceptors (Lipinski definition) is 5. The zero-order valence-corrected chi connectivity index (χ0v) is 14.9. The molecular weight excluding hydrogens is 312 g/mol. The van der Waals surface area contributed by atoms with Crippen LogP contribution in [0.5, 0.6) is 0 Å². The van der Waals surface area contributed by atoms with E-state index in [1.165, 1.54) is 24.0 Å². The van der Waals surface area contributed by atoms with E-state index in [0.29, 0.717) is 17.9 Å². The van der Waals surface area contributed by atoms with Crippen LogP contribution in [-0.2, 0) is 13.0 Å². The molecule has 0 bridgehead atoms. The van der Waals surface area contributed by atoms with Crippen molar-refractivity contribution in [1.82, 2.24) is 9.97 Å². The number of aliphatic hydroxyl groups is 1. The molecule has 0 spiro atoms. The number of benzene rings is 1. The van der Waals surface area contributed by atoms with Gasteiger partial charge in [0.2, 0.25) is 5.95 Å². The van der Waals surface area contributed by atoms with E-state index < -0.39 is 0 Å². The Kier molecular flexibility index (Phi) is 4.34. The molecule has 1 saturated carbocycles. The summed E-state index contributed by atoms with van der Waals surface area (Å²) in [6.07, 6.45) is 3.46. The molecular formula is C20H26N4O. The predicted molar refractivity (Wildman–Crippen MR) is 100.0 cm³/mol. The van der Waals surface area contributed by atoms with Crippen LogP contribution in [0.2, 0.25) is 0 Å². The second kappa shape index (κ2) is 6.64. The molecule has 2 heterocycles. The number of nitrogens with zero attached hydrogens (tertiary/aromatic N) is 3. The molecule has 1 aromatic carbocycles. The number of nitrogens with one attached hydrogen (secondary N) is 1. The highest BCUT2D eigenvalue weighted by Crippen LogP contribution is 2.40. The molecule has 5 nitrogen and oxygen atoms in total. The number of aromatic nitrogens is 2. The Morgan fingerprint density at radius 3 is 2.72 bits per heavy atom. The lowest BCUT2D eigenvalue weighted by Crippen LogP contribution is -2.39. The highest BCUT2D eigenvalue weighted by molar-refractivity contribution is 5.50. The van der Waals surface area contributed by atoms with E-state index in [1.54, 1.807) is 0 Å². The topological polar surface area (TPSA) is 61.3 Å². The van der Waals surface area contributed by atoms with Crippen molar-refractivity contribution in [2.45, 2.75) is 57.7 Å². The van der Waals surface area contributed by atoms with Crippen molar-refractivity contribution in [1.29, 1.82) is 0 Å². The molecule has 0 amide bonds. The molecule has 0 radical (unpaired) electrons. The molecule has 1 aliphatic carbocycles. The van der Waals surface area contributed by atoms with Gasteiger partial charge in [0.25, 0.3) is 0 Å². The molecule has 4 rings (SSSR count). The maximum atomic E-state index is 9.33. The van der Waals surface area contributed by atoms with Crippen LogP contribution >= 0.6 is 0 Å². The molecule has 1 aliphatic heterocycles. The third-order valence-electron chi connectivity index (χ3n) is 5.18. The number of fused-ring (bicyclic) bond motifs is 1. The van der Waals surface area contributed by atoms with Crippen LogP contribution in [-0.4, -0.2) is 33.8 Å². The van der Waals surface area contributed by atoms with Crippen LogP contribution in [0.3, 0.4) is 0 Å². The minimum absolute atomic E-state index is 0.0539. The number of aliphatic hydroxyl groups excluding tert-OH is 1. The van der Waals surface area contributed by atoms with Crippen molar-refractivity contribution in [3.8, 4) is 0 Å². The molecule has 2 aliphatic rings. The molecule has 0 unspecified atom stereocenters. The molecule has 25 heavy (non-hydrogen) atoms. The summed E-state index contributed by atoms with van der Waals surface area (Å²) in [5.41, 5.74) is 3.95. The van der Waals surface area contributed by atoms with E-state index in [0.717, 1.165) is 24.5 Å². The summed E-state index contributed by atoms with van der Waals surface area (Å²) < 4.78 is 0. The minimum atomic E-state index is -0.0539. The van der Waals surface area contributed by atoms with E-state index in [9.17, 15) is 5.11 Å². The van der Waals surface area contributed by atoms with Gasteiger partial charge in [-0.15, -0.1) is 0 Å². The number of rotatable bonds is 5. The monoisotopic (exact) mass is 338 g/mol. The second-order valence-corrected chi connectivity index (χ2v) is 7.43. The Balaban J connectivity index is 1.66. The Morgan fingerprint density at radius 2 is 2.00 bits per heavy atom. The Labute approximate surface area is 149 Å². The van der Waals surface area contributed by atoms with E-state index in [4.69, 9.17) is 4.98 Å². The maximum Gasteiger partial charge on any atom is 0.225 e. The average Bonchev–Trinajstić information content (AvgIpc) is 3.46. The first-order chi connectivity index (χ1) is 12.1. The van der Waals surface area contributed by atoms with E-state index in [1.807, 2.05) is 6.92 Å². The van der Waals surface area contributed by atoms with E-state index >= 15 is 0 Å². The fourth-order valence-electron chi connectivity index (χ4n) is 3.50. The SMILES string of the molecule is C[C@H](CO)Nc1nc(C2CC2)cc(N2Cc3ccccc3C[C@@H]2C)n1. The van der Waals surface area contributed by atoms with Gasteiger partial charge >= 0.3 is 0 Å². The molecule has 2 aromatic rings. The fourth-order valence-corrected chi connectivity index (χ4v) is 3.50. The van der Waals surface area contributed by atoms with Crippen LogP contribution in [0.25, 0.3) is 0 Å². The van der Waals surface area contributed by atoms with E-state index in [2.05, 4.69) is 52.5 Å². The Hall–Kier alpha value is -2.14. The lowest BCUT2D eigenvalue weighted by atomic mass is 9.95. The van der Waals surface area contributed by atoms with Crippen molar-refractivity contribution < 1.29 is 5.11 Å². The van der Waals surface area contributed by atoms with Gasteiger partial charge in [-0.2, -0.15) is 4.98 Å². The zero-order valence-electron chi connectivity index (χ0n) is 14.9. The highest BCUT2D eigenvalue weighted by Gasteiger charge is 2.29.